The molecule has 1 heterocycles. The summed E-state index contributed by atoms with van der Waals surface area (Å²) in [7, 11) is 0. The molecule has 1 fully saturated rings. The number of anilines is 1. The van der Waals surface area contributed by atoms with E-state index in [1.54, 1.807) is 0 Å². The normalized spacial score (nSPS) is 17.6. The number of carbonyl (C=O) groups is 1. The van der Waals surface area contributed by atoms with Crippen molar-refractivity contribution in [3.63, 3.8) is 0 Å². The van der Waals surface area contributed by atoms with Crippen molar-refractivity contribution >= 4 is 22.4 Å². The Morgan fingerprint density at radius 2 is 1.86 bits per heavy atom. The van der Waals surface area contributed by atoms with E-state index in [9.17, 15) is 4.79 Å². The van der Waals surface area contributed by atoms with Crippen molar-refractivity contribution in [1.29, 1.82) is 0 Å². The van der Waals surface area contributed by atoms with Crippen LogP contribution in [0.5, 0.6) is 0 Å². The first kappa shape index (κ1) is 14.1. The van der Waals surface area contributed by atoms with Crippen LogP contribution in [-0.2, 0) is 4.79 Å². The highest BCUT2D eigenvalue weighted by atomic mass is 16.2. The number of fused-ring (bicyclic) bond motifs is 1. The molecule has 2 N–H and O–H groups in total. The van der Waals surface area contributed by atoms with Gasteiger partial charge in [-0.05, 0) is 55.3 Å². The zero-order chi connectivity index (χ0) is 14.7. The second-order valence-corrected chi connectivity index (χ2v) is 5.90. The average molecular weight is 282 g/mol. The van der Waals surface area contributed by atoms with E-state index < -0.39 is 0 Å². The van der Waals surface area contributed by atoms with Crippen molar-refractivity contribution in [2.45, 2.75) is 26.2 Å². The van der Waals surface area contributed by atoms with Gasteiger partial charge in [0, 0.05) is 5.69 Å². The van der Waals surface area contributed by atoms with Crippen molar-refractivity contribution in [1.82, 2.24) is 5.32 Å². The van der Waals surface area contributed by atoms with Gasteiger partial charge >= 0.3 is 0 Å². The van der Waals surface area contributed by atoms with Crippen LogP contribution in [0, 0.1) is 5.41 Å². The molecule has 1 saturated heterocycles. The molecule has 0 spiro atoms. The van der Waals surface area contributed by atoms with E-state index in [0.717, 1.165) is 43.4 Å². The topological polar surface area (TPSA) is 41.1 Å². The van der Waals surface area contributed by atoms with Gasteiger partial charge in [0.1, 0.15) is 0 Å². The van der Waals surface area contributed by atoms with Crippen molar-refractivity contribution in [3.05, 3.63) is 42.5 Å². The van der Waals surface area contributed by atoms with Crippen LogP contribution < -0.4 is 10.6 Å². The van der Waals surface area contributed by atoms with E-state index in [1.807, 2.05) is 18.2 Å². The number of amides is 1. The summed E-state index contributed by atoms with van der Waals surface area (Å²) >= 11 is 0. The van der Waals surface area contributed by atoms with E-state index in [2.05, 4.69) is 41.8 Å². The number of benzene rings is 2. The second kappa shape index (κ2) is 5.86. The Bertz CT molecular complexity index is 644. The maximum absolute atomic E-state index is 12.7. The fourth-order valence-corrected chi connectivity index (χ4v) is 3.18. The SMILES string of the molecule is CCC1(C(=O)Nc2ccc3ccccc3c2)CCNCC1. The largest absolute Gasteiger partial charge is 0.326 e. The molecule has 0 aliphatic carbocycles. The van der Waals surface area contributed by atoms with Gasteiger partial charge in [-0.15, -0.1) is 0 Å². The van der Waals surface area contributed by atoms with Crippen molar-refractivity contribution in [3.8, 4) is 0 Å². The van der Waals surface area contributed by atoms with E-state index in [4.69, 9.17) is 0 Å². The lowest BCUT2D eigenvalue weighted by atomic mass is 9.76. The van der Waals surface area contributed by atoms with E-state index in [1.165, 1.54) is 5.39 Å². The molecule has 0 saturated carbocycles. The second-order valence-electron chi connectivity index (χ2n) is 5.90. The predicted octanol–water partition coefficient (Wildman–Crippen LogP) is 3.56. The Balaban J connectivity index is 1.81. The van der Waals surface area contributed by atoms with E-state index in [0.29, 0.717) is 0 Å². The average Bonchev–Trinajstić information content (AvgIpc) is 2.55. The van der Waals surface area contributed by atoms with Crippen molar-refractivity contribution in [2.75, 3.05) is 18.4 Å². The first-order valence-corrected chi connectivity index (χ1v) is 7.74. The van der Waals surface area contributed by atoms with Gasteiger partial charge in [-0.25, -0.2) is 0 Å². The Kier molecular flexibility index (Phi) is 3.93. The molecule has 1 aliphatic rings. The molecule has 110 valence electrons. The Labute approximate surface area is 125 Å². The van der Waals surface area contributed by atoms with Crippen LogP contribution >= 0.6 is 0 Å². The number of carbonyl (C=O) groups excluding carboxylic acids is 1. The third-order valence-electron chi connectivity index (χ3n) is 4.73. The summed E-state index contributed by atoms with van der Waals surface area (Å²) in [5.41, 5.74) is 0.682. The Morgan fingerprint density at radius 1 is 1.14 bits per heavy atom. The minimum absolute atomic E-state index is 0.168. The summed E-state index contributed by atoms with van der Waals surface area (Å²) in [4.78, 5) is 12.7. The molecule has 0 aromatic heterocycles. The standard InChI is InChI=1S/C18H22N2O/c1-2-18(9-11-19-12-10-18)17(21)20-16-8-7-14-5-3-4-6-15(14)13-16/h3-8,13,19H,2,9-12H2,1H3,(H,20,21). The van der Waals surface area contributed by atoms with Crippen LogP contribution in [0.15, 0.2) is 42.5 Å². The Morgan fingerprint density at radius 3 is 2.57 bits per heavy atom. The summed E-state index contributed by atoms with van der Waals surface area (Å²) in [5, 5.41) is 8.82. The molecule has 0 radical (unpaired) electrons. The van der Waals surface area contributed by atoms with Gasteiger partial charge in [0.25, 0.3) is 0 Å². The molecule has 2 aromatic carbocycles. The fraction of sp³-hybridized carbons (Fsp3) is 0.389. The summed E-state index contributed by atoms with van der Waals surface area (Å²) in [6, 6.07) is 14.3. The molecule has 1 aliphatic heterocycles. The third kappa shape index (κ3) is 2.79. The number of rotatable bonds is 3. The molecular formula is C18H22N2O. The molecule has 0 atom stereocenters. The highest BCUT2D eigenvalue weighted by Gasteiger charge is 2.37. The number of hydrogen-bond acceptors (Lipinski definition) is 2. The van der Waals surface area contributed by atoms with E-state index in [-0.39, 0.29) is 11.3 Å². The van der Waals surface area contributed by atoms with Crippen LogP contribution in [0.2, 0.25) is 0 Å². The highest BCUT2D eigenvalue weighted by molar-refractivity contribution is 5.97. The first-order chi connectivity index (χ1) is 10.2. The van der Waals surface area contributed by atoms with Gasteiger partial charge in [0.15, 0.2) is 0 Å². The fourth-order valence-electron chi connectivity index (χ4n) is 3.18. The Hall–Kier alpha value is -1.87. The molecule has 1 amide bonds. The summed E-state index contributed by atoms with van der Waals surface area (Å²) in [6.45, 7) is 3.98. The lowest BCUT2D eigenvalue weighted by Crippen LogP contribution is -2.44. The van der Waals surface area contributed by atoms with Gasteiger partial charge in [0.05, 0.1) is 5.41 Å². The van der Waals surface area contributed by atoms with Crippen LogP contribution in [0.1, 0.15) is 26.2 Å². The monoisotopic (exact) mass is 282 g/mol. The molecule has 0 unspecified atom stereocenters. The quantitative estimate of drug-likeness (QED) is 0.903. The van der Waals surface area contributed by atoms with Gasteiger partial charge in [-0.1, -0.05) is 37.3 Å². The molecule has 3 nitrogen and oxygen atoms in total. The lowest BCUT2D eigenvalue weighted by molar-refractivity contribution is -0.127. The summed E-state index contributed by atoms with van der Waals surface area (Å²) < 4.78 is 0. The first-order valence-electron chi connectivity index (χ1n) is 7.74. The molecular weight excluding hydrogens is 260 g/mol. The minimum Gasteiger partial charge on any atom is -0.326 e. The van der Waals surface area contributed by atoms with Gasteiger partial charge in [-0.2, -0.15) is 0 Å². The van der Waals surface area contributed by atoms with Crippen molar-refractivity contribution < 1.29 is 4.79 Å². The van der Waals surface area contributed by atoms with Crippen LogP contribution in [0.3, 0.4) is 0 Å². The summed E-state index contributed by atoms with van der Waals surface area (Å²) in [6.07, 6.45) is 2.74. The van der Waals surface area contributed by atoms with Crippen LogP contribution in [0.4, 0.5) is 5.69 Å². The third-order valence-corrected chi connectivity index (χ3v) is 4.73. The molecule has 2 aromatic rings. The molecule has 3 rings (SSSR count). The zero-order valence-corrected chi connectivity index (χ0v) is 12.5. The lowest BCUT2D eigenvalue weighted by Gasteiger charge is -2.35. The number of hydrogen-bond donors (Lipinski definition) is 2. The molecule has 3 heteroatoms. The van der Waals surface area contributed by atoms with Gasteiger partial charge in [0.2, 0.25) is 5.91 Å². The number of piperidine rings is 1. The van der Waals surface area contributed by atoms with Crippen molar-refractivity contribution in [2.24, 2.45) is 5.41 Å². The smallest absolute Gasteiger partial charge is 0.230 e. The zero-order valence-electron chi connectivity index (χ0n) is 12.5. The summed E-state index contributed by atoms with van der Waals surface area (Å²) in [5.74, 6) is 0.168. The molecule has 21 heavy (non-hydrogen) atoms. The highest BCUT2D eigenvalue weighted by Crippen LogP contribution is 2.34. The van der Waals surface area contributed by atoms with Gasteiger partial charge < -0.3 is 10.6 Å². The van der Waals surface area contributed by atoms with Crippen LogP contribution in [0.25, 0.3) is 10.8 Å². The van der Waals surface area contributed by atoms with Gasteiger partial charge in [-0.3, -0.25) is 4.79 Å². The van der Waals surface area contributed by atoms with E-state index >= 15 is 0 Å². The van der Waals surface area contributed by atoms with Crippen LogP contribution in [-0.4, -0.2) is 19.0 Å². The predicted molar refractivity (Wildman–Crippen MR) is 87.4 cm³/mol. The minimum atomic E-state index is -0.211. The number of nitrogens with one attached hydrogen (secondary N) is 2. The maximum Gasteiger partial charge on any atom is 0.230 e. The maximum atomic E-state index is 12.7. The molecule has 0 bridgehead atoms.